The molecular weight excluding hydrogens is 392 g/mol. The van der Waals surface area contributed by atoms with E-state index in [9.17, 15) is 9.59 Å². The van der Waals surface area contributed by atoms with E-state index in [0.29, 0.717) is 18.0 Å². The molecule has 0 unspecified atom stereocenters. The number of primary amides is 1. The minimum Gasteiger partial charge on any atom is -0.449 e. The van der Waals surface area contributed by atoms with Crippen molar-refractivity contribution in [3.05, 3.63) is 54.4 Å². The predicted molar refractivity (Wildman–Crippen MR) is 109 cm³/mol. The van der Waals surface area contributed by atoms with Gasteiger partial charge in [0, 0.05) is 23.7 Å². The monoisotopic (exact) mass is 412 g/mol. The van der Waals surface area contributed by atoms with Crippen molar-refractivity contribution < 1.29 is 14.3 Å². The number of alkyl carbamates (subject to hydrolysis) is 1. The van der Waals surface area contributed by atoms with Gasteiger partial charge in [0.2, 0.25) is 0 Å². The van der Waals surface area contributed by atoms with Crippen molar-refractivity contribution in [3.8, 4) is 17.1 Å². The van der Waals surface area contributed by atoms with Crippen LogP contribution in [-0.4, -0.2) is 44.2 Å². The molecule has 10 heteroatoms. The van der Waals surface area contributed by atoms with Gasteiger partial charge in [-0.25, -0.2) is 14.9 Å². The lowest BCUT2D eigenvalue weighted by Gasteiger charge is -2.12. The Morgan fingerprint density at radius 2 is 2.03 bits per heavy atom. The first-order chi connectivity index (χ1) is 14.1. The molecule has 0 aliphatic carbocycles. The van der Waals surface area contributed by atoms with Gasteiger partial charge in [-0.2, -0.15) is 0 Å². The van der Waals surface area contributed by atoms with Gasteiger partial charge >= 0.3 is 12.1 Å². The van der Waals surface area contributed by atoms with E-state index in [1.54, 1.807) is 12.4 Å². The number of ether oxygens (including phenoxy) is 1. The van der Waals surface area contributed by atoms with Crippen molar-refractivity contribution in [1.29, 1.82) is 0 Å². The summed E-state index contributed by atoms with van der Waals surface area (Å²) in [5.41, 5.74) is 7.79. The number of carbonyl (C=O) groups is 2. The van der Waals surface area contributed by atoms with E-state index in [2.05, 4.69) is 15.2 Å². The third-order valence-electron chi connectivity index (χ3n) is 3.89. The number of carbonyl (C=O) groups excluding carboxylic acids is 2. The van der Waals surface area contributed by atoms with Crippen LogP contribution in [0.25, 0.3) is 17.1 Å². The first kappa shape index (κ1) is 20.3. The van der Waals surface area contributed by atoms with E-state index in [4.69, 9.17) is 10.5 Å². The molecule has 9 nitrogen and oxygen atoms in total. The second kappa shape index (κ2) is 9.69. The summed E-state index contributed by atoms with van der Waals surface area (Å²) in [5, 5.41) is 11.3. The molecule has 0 saturated carbocycles. The van der Waals surface area contributed by atoms with E-state index >= 15 is 0 Å². The average molecular weight is 412 g/mol. The summed E-state index contributed by atoms with van der Waals surface area (Å²) in [4.78, 5) is 26.0. The number of nitrogens with one attached hydrogen (secondary N) is 1. The number of nitrogens with two attached hydrogens (primary N) is 1. The zero-order valence-corrected chi connectivity index (χ0v) is 16.6. The minimum absolute atomic E-state index is 0.153. The number of nitrogens with zero attached hydrogens (tertiary/aromatic N) is 4. The molecule has 0 spiro atoms. The SMILES string of the molecule is Cc1ccccc1-n1c(SCCCOC(=O)NC(N)=O)nnc1-c1cccnc1. The van der Waals surface area contributed by atoms with Crippen LogP contribution >= 0.6 is 11.8 Å². The van der Waals surface area contributed by atoms with E-state index in [1.807, 2.05) is 53.2 Å². The molecule has 0 fully saturated rings. The van der Waals surface area contributed by atoms with Crippen LogP contribution in [0.2, 0.25) is 0 Å². The molecule has 150 valence electrons. The summed E-state index contributed by atoms with van der Waals surface area (Å²) in [6.07, 6.45) is 3.17. The molecule has 0 bridgehead atoms. The van der Waals surface area contributed by atoms with Gasteiger partial charge in [-0.15, -0.1) is 10.2 Å². The van der Waals surface area contributed by atoms with Crippen LogP contribution in [0.1, 0.15) is 12.0 Å². The quantitative estimate of drug-likeness (QED) is 0.451. The maximum atomic E-state index is 11.3. The number of rotatable bonds is 7. The number of aryl methyl sites for hydroxylation is 1. The maximum absolute atomic E-state index is 11.3. The van der Waals surface area contributed by atoms with Gasteiger partial charge < -0.3 is 10.5 Å². The molecule has 2 heterocycles. The van der Waals surface area contributed by atoms with Gasteiger partial charge in [0.05, 0.1) is 12.3 Å². The summed E-state index contributed by atoms with van der Waals surface area (Å²) >= 11 is 1.50. The largest absolute Gasteiger partial charge is 0.449 e. The van der Waals surface area contributed by atoms with Crippen LogP contribution in [0.15, 0.2) is 53.9 Å². The highest BCUT2D eigenvalue weighted by molar-refractivity contribution is 7.99. The molecule has 29 heavy (non-hydrogen) atoms. The summed E-state index contributed by atoms with van der Waals surface area (Å²) in [5.74, 6) is 1.34. The number of hydrogen-bond donors (Lipinski definition) is 2. The zero-order chi connectivity index (χ0) is 20.6. The number of amides is 3. The molecule has 3 aromatic rings. The van der Waals surface area contributed by atoms with Gasteiger partial charge in [-0.05, 0) is 37.1 Å². The highest BCUT2D eigenvalue weighted by Crippen LogP contribution is 2.29. The van der Waals surface area contributed by atoms with E-state index < -0.39 is 12.1 Å². The van der Waals surface area contributed by atoms with E-state index in [0.717, 1.165) is 22.0 Å². The molecule has 0 radical (unpaired) electrons. The van der Waals surface area contributed by atoms with Gasteiger partial charge in [0.15, 0.2) is 11.0 Å². The van der Waals surface area contributed by atoms with E-state index in [1.165, 1.54) is 11.8 Å². The van der Waals surface area contributed by atoms with Crippen molar-refractivity contribution in [2.75, 3.05) is 12.4 Å². The van der Waals surface area contributed by atoms with Crippen molar-refractivity contribution >= 4 is 23.9 Å². The molecule has 1 aromatic carbocycles. The lowest BCUT2D eigenvalue weighted by Crippen LogP contribution is -2.35. The third-order valence-corrected chi connectivity index (χ3v) is 4.90. The van der Waals surface area contributed by atoms with Crippen LogP contribution in [-0.2, 0) is 4.74 Å². The Morgan fingerprint density at radius 1 is 1.21 bits per heavy atom. The fraction of sp³-hybridized carbons (Fsp3) is 0.211. The zero-order valence-electron chi connectivity index (χ0n) is 15.7. The summed E-state index contributed by atoms with van der Waals surface area (Å²) in [6, 6.07) is 10.8. The molecule has 0 aliphatic rings. The Kier molecular flexibility index (Phi) is 6.80. The fourth-order valence-electron chi connectivity index (χ4n) is 2.60. The van der Waals surface area contributed by atoms with Gasteiger partial charge in [-0.1, -0.05) is 30.0 Å². The smallest absolute Gasteiger partial charge is 0.415 e. The Balaban J connectivity index is 1.74. The topological polar surface area (TPSA) is 125 Å². The highest BCUT2D eigenvalue weighted by atomic mass is 32.2. The number of pyridine rings is 1. The Hall–Kier alpha value is -3.40. The van der Waals surface area contributed by atoms with Crippen molar-refractivity contribution in [2.45, 2.75) is 18.5 Å². The maximum Gasteiger partial charge on any atom is 0.415 e. The van der Waals surface area contributed by atoms with Crippen LogP contribution in [0.3, 0.4) is 0 Å². The lowest BCUT2D eigenvalue weighted by molar-refractivity contribution is 0.148. The van der Waals surface area contributed by atoms with Crippen LogP contribution in [0.4, 0.5) is 9.59 Å². The summed E-state index contributed by atoms with van der Waals surface area (Å²) in [6.45, 7) is 2.18. The predicted octanol–water partition coefficient (Wildman–Crippen LogP) is 2.92. The number of imide groups is 1. The molecule has 3 amide bonds. The van der Waals surface area contributed by atoms with Gasteiger partial charge in [0.25, 0.3) is 0 Å². The first-order valence-electron chi connectivity index (χ1n) is 8.84. The van der Waals surface area contributed by atoms with Crippen molar-refractivity contribution in [2.24, 2.45) is 5.73 Å². The van der Waals surface area contributed by atoms with Crippen molar-refractivity contribution in [3.63, 3.8) is 0 Å². The fourth-order valence-corrected chi connectivity index (χ4v) is 3.46. The van der Waals surface area contributed by atoms with Crippen LogP contribution < -0.4 is 11.1 Å². The minimum atomic E-state index is -0.946. The molecule has 0 atom stereocenters. The second-order valence-electron chi connectivity index (χ2n) is 6.00. The van der Waals surface area contributed by atoms with Gasteiger partial charge in [-0.3, -0.25) is 9.55 Å². The Labute approximate surface area is 171 Å². The number of thioether (sulfide) groups is 1. The average Bonchev–Trinajstić information content (AvgIpc) is 3.12. The van der Waals surface area contributed by atoms with Crippen molar-refractivity contribution in [1.82, 2.24) is 25.1 Å². The number of para-hydroxylation sites is 1. The van der Waals surface area contributed by atoms with E-state index in [-0.39, 0.29) is 6.61 Å². The summed E-state index contributed by atoms with van der Waals surface area (Å²) in [7, 11) is 0. The van der Waals surface area contributed by atoms with Gasteiger partial charge in [0.1, 0.15) is 0 Å². The third kappa shape index (κ3) is 5.32. The molecule has 0 saturated heterocycles. The number of hydrogen-bond acceptors (Lipinski definition) is 7. The highest BCUT2D eigenvalue weighted by Gasteiger charge is 2.17. The number of aromatic nitrogens is 4. The molecule has 3 rings (SSSR count). The molecule has 0 aliphatic heterocycles. The second-order valence-corrected chi connectivity index (χ2v) is 7.06. The number of benzene rings is 1. The lowest BCUT2D eigenvalue weighted by atomic mass is 10.2. The Bertz CT molecular complexity index is 993. The Morgan fingerprint density at radius 3 is 2.76 bits per heavy atom. The van der Waals surface area contributed by atoms with Crippen LogP contribution in [0, 0.1) is 6.92 Å². The standard InChI is InChI=1S/C19H20N6O3S/c1-13-6-2-3-8-15(13)25-16(14-7-4-9-21-12-14)23-24-18(25)29-11-5-10-28-19(27)22-17(20)26/h2-4,6-9,12H,5,10-11H2,1H3,(H3,20,22,26,27). The normalized spacial score (nSPS) is 10.5. The molecular formula is C19H20N6O3S. The first-order valence-corrected chi connectivity index (χ1v) is 9.82. The van der Waals surface area contributed by atoms with Crippen LogP contribution in [0.5, 0.6) is 0 Å². The number of urea groups is 1. The summed E-state index contributed by atoms with van der Waals surface area (Å²) < 4.78 is 6.88. The molecule has 2 aromatic heterocycles. The molecule has 3 N–H and O–H groups in total.